The molecule has 1 aliphatic heterocycles. The van der Waals surface area contributed by atoms with E-state index in [9.17, 15) is 9.59 Å². The van der Waals surface area contributed by atoms with Crippen molar-refractivity contribution in [3.8, 4) is 0 Å². The van der Waals surface area contributed by atoms with Gasteiger partial charge in [0.15, 0.2) is 0 Å². The maximum Gasteiger partial charge on any atom is 0.317 e. The Morgan fingerprint density at radius 2 is 1.78 bits per heavy atom. The zero-order valence-electron chi connectivity index (χ0n) is 14.7. The van der Waals surface area contributed by atoms with E-state index in [4.69, 9.17) is 5.11 Å². The average molecular weight is 324 g/mol. The monoisotopic (exact) mass is 324 g/mol. The summed E-state index contributed by atoms with van der Waals surface area (Å²) in [5.41, 5.74) is 0. The molecule has 5 heteroatoms. The quantitative estimate of drug-likeness (QED) is 0.782. The number of likely N-dealkylation sites (N-methyl/N-ethyl adjacent to an activating group) is 1. The van der Waals surface area contributed by atoms with Gasteiger partial charge >= 0.3 is 5.97 Å². The Morgan fingerprint density at radius 3 is 2.30 bits per heavy atom. The SMILES string of the molecule is CCN(CC(=O)O)C1CCN(C(=O)C(C)CC2CCCC2)CC1. The summed E-state index contributed by atoms with van der Waals surface area (Å²) in [7, 11) is 0. The number of carboxylic acids is 1. The molecular formula is C18H32N2O3. The van der Waals surface area contributed by atoms with Crippen LogP contribution in [0.2, 0.25) is 0 Å². The first-order valence-electron chi connectivity index (χ1n) is 9.25. The van der Waals surface area contributed by atoms with E-state index in [0.29, 0.717) is 11.9 Å². The predicted octanol–water partition coefficient (Wildman–Crippen LogP) is 2.60. The van der Waals surface area contributed by atoms with Gasteiger partial charge in [-0.2, -0.15) is 0 Å². The van der Waals surface area contributed by atoms with Crippen molar-refractivity contribution in [3.05, 3.63) is 0 Å². The Kier molecular flexibility index (Phi) is 6.88. The van der Waals surface area contributed by atoms with Crippen molar-refractivity contribution >= 4 is 11.9 Å². The van der Waals surface area contributed by atoms with Gasteiger partial charge in [-0.25, -0.2) is 0 Å². The van der Waals surface area contributed by atoms with Crippen LogP contribution in [0.25, 0.3) is 0 Å². The molecule has 1 amide bonds. The molecule has 2 aliphatic rings. The molecule has 0 radical (unpaired) electrons. The van der Waals surface area contributed by atoms with Crippen LogP contribution in [-0.2, 0) is 9.59 Å². The van der Waals surface area contributed by atoms with E-state index >= 15 is 0 Å². The van der Waals surface area contributed by atoms with Gasteiger partial charge in [0.1, 0.15) is 0 Å². The van der Waals surface area contributed by atoms with Gasteiger partial charge in [0, 0.05) is 25.0 Å². The molecule has 0 bridgehead atoms. The fourth-order valence-electron chi connectivity index (χ4n) is 4.28. The molecule has 0 aromatic heterocycles. The highest BCUT2D eigenvalue weighted by molar-refractivity contribution is 5.78. The highest BCUT2D eigenvalue weighted by Gasteiger charge is 2.30. The molecule has 0 aromatic carbocycles. The third-order valence-electron chi connectivity index (χ3n) is 5.62. The maximum absolute atomic E-state index is 12.6. The summed E-state index contributed by atoms with van der Waals surface area (Å²) in [6, 6.07) is 0.297. The fourth-order valence-corrected chi connectivity index (χ4v) is 4.28. The standard InChI is InChI=1S/C18H32N2O3/c1-3-19(13-17(21)22)16-8-10-20(11-9-16)18(23)14(2)12-15-6-4-5-7-15/h14-16H,3-13H2,1-2H3,(H,21,22). The second kappa shape index (κ2) is 8.67. The lowest BCUT2D eigenvalue weighted by molar-refractivity contribution is -0.141. The Labute approximate surface area is 140 Å². The molecule has 23 heavy (non-hydrogen) atoms. The van der Waals surface area contributed by atoms with E-state index in [2.05, 4.69) is 6.92 Å². The van der Waals surface area contributed by atoms with Crippen LogP contribution in [0, 0.1) is 11.8 Å². The molecule has 1 saturated carbocycles. The van der Waals surface area contributed by atoms with Crippen molar-refractivity contribution < 1.29 is 14.7 Å². The minimum absolute atomic E-state index is 0.104. The summed E-state index contributed by atoms with van der Waals surface area (Å²) < 4.78 is 0. The van der Waals surface area contributed by atoms with Gasteiger partial charge in [-0.15, -0.1) is 0 Å². The van der Waals surface area contributed by atoms with Gasteiger partial charge in [-0.3, -0.25) is 14.5 Å². The molecule has 1 aliphatic carbocycles. The molecule has 0 aromatic rings. The van der Waals surface area contributed by atoms with Crippen molar-refractivity contribution in [2.45, 2.75) is 64.8 Å². The van der Waals surface area contributed by atoms with Crippen molar-refractivity contribution in [2.75, 3.05) is 26.2 Å². The lowest BCUT2D eigenvalue weighted by Gasteiger charge is -2.38. The number of carbonyl (C=O) groups excluding carboxylic acids is 1. The van der Waals surface area contributed by atoms with E-state index in [1.807, 2.05) is 16.7 Å². The molecule has 1 N–H and O–H groups in total. The van der Waals surface area contributed by atoms with Gasteiger partial charge in [-0.05, 0) is 31.7 Å². The zero-order chi connectivity index (χ0) is 16.8. The summed E-state index contributed by atoms with van der Waals surface area (Å²) >= 11 is 0. The minimum atomic E-state index is -0.768. The number of hydrogen-bond donors (Lipinski definition) is 1. The summed E-state index contributed by atoms with van der Waals surface area (Å²) in [6.07, 6.45) is 8.06. The fraction of sp³-hybridized carbons (Fsp3) is 0.889. The Morgan fingerprint density at radius 1 is 1.17 bits per heavy atom. The Balaban J connectivity index is 1.78. The molecule has 5 nitrogen and oxygen atoms in total. The first-order valence-corrected chi connectivity index (χ1v) is 9.25. The van der Waals surface area contributed by atoms with E-state index in [1.165, 1.54) is 25.7 Å². The number of piperidine rings is 1. The maximum atomic E-state index is 12.6. The van der Waals surface area contributed by atoms with E-state index < -0.39 is 5.97 Å². The number of aliphatic carboxylic acids is 1. The number of nitrogens with zero attached hydrogens (tertiary/aromatic N) is 2. The predicted molar refractivity (Wildman–Crippen MR) is 90.2 cm³/mol. The van der Waals surface area contributed by atoms with Crippen molar-refractivity contribution in [1.82, 2.24) is 9.80 Å². The summed E-state index contributed by atoms with van der Waals surface area (Å²) in [5, 5.41) is 8.99. The van der Waals surface area contributed by atoms with Gasteiger partial charge in [0.25, 0.3) is 0 Å². The molecule has 1 saturated heterocycles. The largest absolute Gasteiger partial charge is 0.480 e. The second-order valence-corrected chi connectivity index (χ2v) is 7.30. The van der Waals surface area contributed by atoms with Crippen LogP contribution in [0.5, 0.6) is 0 Å². The van der Waals surface area contributed by atoms with Gasteiger partial charge in [0.2, 0.25) is 5.91 Å². The summed E-state index contributed by atoms with van der Waals surface area (Å²) in [6.45, 7) is 6.49. The van der Waals surface area contributed by atoms with E-state index in [0.717, 1.165) is 44.8 Å². The van der Waals surface area contributed by atoms with Crippen molar-refractivity contribution in [2.24, 2.45) is 11.8 Å². The van der Waals surface area contributed by atoms with Crippen LogP contribution in [-0.4, -0.2) is 59.0 Å². The number of hydrogen-bond acceptors (Lipinski definition) is 3. The van der Waals surface area contributed by atoms with Gasteiger partial charge in [-0.1, -0.05) is 39.5 Å². The number of amides is 1. The van der Waals surface area contributed by atoms with Crippen LogP contribution in [0.15, 0.2) is 0 Å². The van der Waals surface area contributed by atoms with Crippen LogP contribution >= 0.6 is 0 Å². The first-order chi connectivity index (χ1) is 11.0. The average Bonchev–Trinajstić information content (AvgIpc) is 3.04. The minimum Gasteiger partial charge on any atom is -0.480 e. The molecule has 1 atom stereocenters. The van der Waals surface area contributed by atoms with Crippen LogP contribution in [0.4, 0.5) is 0 Å². The highest BCUT2D eigenvalue weighted by Crippen LogP contribution is 2.31. The number of likely N-dealkylation sites (tertiary alicyclic amines) is 1. The second-order valence-electron chi connectivity index (χ2n) is 7.30. The molecule has 1 unspecified atom stereocenters. The first kappa shape index (κ1) is 18.2. The number of carbonyl (C=O) groups is 2. The van der Waals surface area contributed by atoms with Crippen LogP contribution in [0.1, 0.15) is 58.8 Å². The topological polar surface area (TPSA) is 60.9 Å². The Hall–Kier alpha value is -1.10. The van der Waals surface area contributed by atoms with E-state index in [1.54, 1.807) is 0 Å². The normalized spacial score (nSPS) is 21.8. The summed E-state index contributed by atoms with van der Waals surface area (Å²) in [4.78, 5) is 27.6. The highest BCUT2D eigenvalue weighted by atomic mass is 16.4. The molecule has 2 fully saturated rings. The zero-order valence-corrected chi connectivity index (χ0v) is 14.7. The van der Waals surface area contributed by atoms with Gasteiger partial charge in [0.05, 0.1) is 6.54 Å². The molecular weight excluding hydrogens is 292 g/mol. The number of carboxylic acid groups (broad SMARTS) is 1. The molecule has 1 heterocycles. The number of rotatable bonds is 7. The summed E-state index contributed by atoms with van der Waals surface area (Å²) in [5.74, 6) is 0.417. The van der Waals surface area contributed by atoms with Crippen LogP contribution < -0.4 is 0 Å². The van der Waals surface area contributed by atoms with Crippen molar-refractivity contribution in [3.63, 3.8) is 0 Å². The third-order valence-corrected chi connectivity index (χ3v) is 5.62. The lowest BCUT2D eigenvalue weighted by atomic mass is 9.92. The van der Waals surface area contributed by atoms with Gasteiger partial charge < -0.3 is 10.0 Å². The molecule has 132 valence electrons. The molecule has 0 spiro atoms. The third kappa shape index (κ3) is 5.20. The van der Waals surface area contributed by atoms with Crippen LogP contribution in [0.3, 0.4) is 0 Å². The molecule has 2 rings (SSSR count). The Bertz CT molecular complexity index is 399. The van der Waals surface area contributed by atoms with E-state index in [-0.39, 0.29) is 12.5 Å². The smallest absolute Gasteiger partial charge is 0.317 e. The van der Waals surface area contributed by atoms with Crippen molar-refractivity contribution in [1.29, 1.82) is 0 Å². The lowest BCUT2D eigenvalue weighted by Crippen LogP contribution is -2.49.